The Morgan fingerprint density at radius 2 is 0.742 bits per heavy atom. The van der Waals surface area contributed by atoms with Crippen LogP contribution in [0.5, 0.6) is 0 Å². The van der Waals surface area contributed by atoms with Gasteiger partial charge in [-0.1, -0.05) is 0 Å². The molecule has 0 saturated carbocycles. The first-order valence-corrected chi connectivity index (χ1v) is 24.0. The molecule has 0 spiro atoms. The number of rotatable bonds is 25. The number of aliphatic hydroxyl groups is 9. The summed E-state index contributed by atoms with van der Waals surface area (Å²) in [4.78, 5) is 99.2. The van der Waals surface area contributed by atoms with Gasteiger partial charge in [-0.25, -0.2) is 0 Å². The van der Waals surface area contributed by atoms with Gasteiger partial charge in [-0.2, -0.15) is 0 Å². The van der Waals surface area contributed by atoms with E-state index in [0.717, 1.165) is 29.4 Å². The Kier molecular flexibility index (Phi) is 24.4. The molecule has 0 bridgehead atoms. The molecule has 0 fully saturated rings. The number of amides is 6. The van der Waals surface area contributed by atoms with Crippen LogP contribution in [-0.2, 0) is 14.4 Å². The minimum atomic E-state index is -1.89. The van der Waals surface area contributed by atoms with Crippen LogP contribution in [-0.4, -0.2) is 232 Å². The molecule has 6 atom stereocenters. The van der Waals surface area contributed by atoms with Crippen LogP contribution in [0.1, 0.15) is 52.6 Å². The van der Waals surface area contributed by atoms with Crippen LogP contribution in [0.4, 0.5) is 11.4 Å². The Morgan fingerprint density at radius 1 is 0.470 bits per heavy atom. The third-order valence-corrected chi connectivity index (χ3v) is 14.4. The molecule has 2 rings (SSSR count). The first-order chi connectivity index (χ1) is 30.8. The van der Waals surface area contributed by atoms with E-state index in [1.165, 1.54) is 42.0 Å². The van der Waals surface area contributed by atoms with E-state index in [1.54, 1.807) is 90.4 Å². The number of nitrogens with zero attached hydrogens (tertiary/aromatic N) is 6. The van der Waals surface area contributed by atoms with Gasteiger partial charge in [0.25, 0.3) is 23.6 Å². The van der Waals surface area contributed by atoms with Gasteiger partial charge in [0.2, 0.25) is 12.8 Å². The average molecular weight is 1380 g/mol. The number of hydrogen-bond donors (Lipinski definition) is 9. The summed E-state index contributed by atoms with van der Waals surface area (Å²) < 4.78 is 0.375. The molecule has 0 saturated heterocycles. The number of hydrogen-bond acceptors (Lipinski definition) is 16. The number of aliphatic hydroxyl groups excluding tert-OH is 9. The zero-order chi connectivity index (χ0) is 50.7. The summed E-state index contributed by atoms with van der Waals surface area (Å²) in [5.41, 5.74) is -0.367. The van der Waals surface area contributed by atoms with Gasteiger partial charge in [0.1, 0.15) is 12.4 Å². The van der Waals surface area contributed by atoms with Gasteiger partial charge in [0.05, 0.1) is 111 Å². The predicted molar refractivity (Wildman–Crippen MR) is 271 cm³/mol. The molecular weight excluding hydrogens is 1330 g/mol. The van der Waals surface area contributed by atoms with E-state index in [4.69, 9.17) is 0 Å². The maximum Gasteiger partial charge on any atom is 0.255 e. The van der Waals surface area contributed by atoms with Crippen molar-refractivity contribution >= 4 is 144 Å². The van der Waals surface area contributed by atoms with Crippen molar-refractivity contribution < 1.29 is 79.5 Å². The lowest BCUT2D eigenvalue weighted by atomic mass is 9.98. The third-order valence-electron chi connectivity index (χ3n) is 10.2. The molecule has 2 aromatic carbocycles. The molecular formula is C40H54I4N6O16. The van der Waals surface area contributed by atoms with Gasteiger partial charge in [-0.05, 0) is 115 Å². The molecule has 26 heteroatoms. The van der Waals surface area contributed by atoms with Crippen LogP contribution in [0.25, 0.3) is 0 Å². The van der Waals surface area contributed by atoms with Crippen molar-refractivity contribution in [3.05, 3.63) is 47.7 Å². The summed E-state index contributed by atoms with van der Waals surface area (Å²) in [7, 11) is 5.28. The zero-order valence-corrected chi connectivity index (χ0v) is 45.3. The van der Waals surface area contributed by atoms with E-state index in [0.29, 0.717) is 0 Å². The van der Waals surface area contributed by atoms with Crippen LogP contribution in [0.2, 0.25) is 0 Å². The molecule has 368 valence electrons. The Hall–Kier alpha value is -2.51. The lowest BCUT2D eigenvalue weighted by molar-refractivity contribution is -0.115. The molecule has 0 aliphatic heterocycles. The van der Waals surface area contributed by atoms with Gasteiger partial charge >= 0.3 is 0 Å². The highest BCUT2D eigenvalue weighted by atomic mass is 127. The SMILES string of the molecule is Cc1c(C(=O)N(C)CC(O)CO)c(I)c(C(=O)N(C)CC(O)C=O)c(I)c1N(C=O)CC(O)C(O)CN(C=O)c1c(C)c(C(=O)N(C)CC(O)CO)c(I)c(C(=O)N(C)CC(O)CO)c1I. The first-order valence-electron chi connectivity index (χ1n) is 19.7. The summed E-state index contributed by atoms with van der Waals surface area (Å²) >= 11 is 7.06. The van der Waals surface area contributed by atoms with Gasteiger partial charge in [0.15, 0.2) is 0 Å². The Balaban J connectivity index is 2.82. The lowest BCUT2D eigenvalue weighted by Crippen LogP contribution is -2.46. The van der Waals surface area contributed by atoms with Crippen LogP contribution in [0.3, 0.4) is 0 Å². The Bertz CT molecular complexity index is 2060. The van der Waals surface area contributed by atoms with Crippen LogP contribution < -0.4 is 9.80 Å². The van der Waals surface area contributed by atoms with Crippen molar-refractivity contribution in [3.63, 3.8) is 0 Å². The maximum atomic E-state index is 14.0. The molecule has 0 aromatic heterocycles. The lowest BCUT2D eigenvalue weighted by Gasteiger charge is -2.32. The highest BCUT2D eigenvalue weighted by molar-refractivity contribution is 14.1. The molecule has 6 amide bonds. The number of halogens is 4. The van der Waals surface area contributed by atoms with Crippen molar-refractivity contribution in [1.29, 1.82) is 0 Å². The summed E-state index contributed by atoms with van der Waals surface area (Å²) in [6.45, 7) is -2.00. The summed E-state index contributed by atoms with van der Waals surface area (Å²) in [6.07, 6.45) is -8.58. The molecule has 0 aliphatic rings. The molecule has 0 heterocycles. The fourth-order valence-electron chi connectivity index (χ4n) is 6.70. The first kappa shape index (κ1) is 59.6. The Labute approximate surface area is 435 Å². The quantitative estimate of drug-likeness (QED) is 0.0383. The standard InChI is InChI=1S/C40H54I4N6O16/c1-19-27(37(63)45(3)7-21(57)13-51)31(41)29(39(65)47(5)9-23(59)15-53)33(43)35(19)49(17-55)11-25(61)26(62)12-50(18-56)36-20(2)28(38(64)46(4)8-22(58)14-52)32(42)30(34(36)44)40(66)48(6)10-24(60)16-54/h15,17-18,21-26,51-52,54,57-62H,7-14,16H2,1-6H3. The summed E-state index contributed by atoms with van der Waals surface area (Å²) in [5, 5.41) is 91.6. The van der Waals surface area contributed by atoms with Crippen molar-refractivity contribution in [1.82, 2.24) is 19.6 Å². The number of carbonyl (C=O) groups excluding carboxylic acids is 7. The summed E-state index contributed by atoms with van der Waals surface area (Å²) in [5.74, 6) is -3.00. The fourth-order valence-corrected chi connectivity index (χ4v) is 12.4. The maximum absolute atomic E-state index is 14.0. The van der Waals surface area contributed by atoms with E-state index < -0.39 is 99.7 Å². The van der Waals surface area contributed by atoms with E-state index in [-0.39, 0.29) is 97.8 Å². The molecule has 66 heavy (non-hydrogen) atoms. The number of benzene rings is 2. The van der Waals surface area contributed by atoms with E-state index >= 15 is 0 Å². The molecule has 9 N–H and O–H groups in total. The molecule has 0 radical (unpaired) electrons. The smallest absolute Gasteiger partial charge is 0.255 e. The van der Waals surface area contributed by atoms with Gasteiger partial charge in [0, 0.05) is 55.0 Å². The number of anilines is 2. The monoisotopic (exact) mass is 1380 g/mol. The number of carbonyl (C=O) groups is 7. The Morgan fingerprint density at radius 3 is 1.00 bits per heavy atom. The van der Waals surface area contributed by atoms with Gasteiger partial charge < -0.3 is 80.2 Å². The highest BCUT2D eigenvalue weighted by Crippen LogP contribution is 2.39. The molecule has 6 unspecified atom stereocenters. The number of aldehydes is 1. The minimum Gasteiger partial charge on any atom is -0.394 e. The molecule has 22 nitrogen and oxygen atoms in total. The second kappa shape index (κ2) is 27.0. The third kappa shape index (κ3) is 14.3. The van der Waals surface area contributed by atoms with Crippen molar-refractivity contribution in [2.24, 2.45) is 0 Å². The van der Waals surface area contributed by atoms with Gasteiger partial charge in [-0.15, -0.1) is 0 Å². The molecule has 2 aromatic rings. The zero-order valence-electron chi connectivity index (χ0n) is 36.6. The predicted octanol–water partition coefficient (Wildman–Crippen LogP) is -2.02. The van der Waals surface area contributed by atoms with E-state index in [9.17, 15) is 79.5 Å². The van der Waals surface area contributed by atoms with Crippen LogP contribution in [0, 0.1) is 28.1 Å². The molecule has 0 aliphatic carbocycles. The van der Waals surface area contributed by atoms with Crippen LogP contribution in [0.15, 0.2) is 0 Å². The van der Waals surface area contributed by atoms with Crippen molar-refractivity contribution in [2.75, 3.05) is 97.1 Å². The van der Waals surface area contributed by atoms with E-state index in [1.807, 2.05) is 0 Å². The van der Waals surface area contributed by atoms with Crippen molar-refractivity contribution in [2.45, 2.75) is 50.5 Å². The van der Waals surface area contributed by atoms with Crippen LogP contribution >= 0.6 is 90.4 Å². The van der Waals surface area contributed by atoms with E-state index in [2.05, 4.69) is 0 Å². The topological polar surface area (TPSA) is 321 Å². The summed E-state index contributed by atoms with van der Waals surface area (Å²) in [6, 6.07) is 0. The fraction of sp³-hybridized carbons (Fsp3) is 0.525. The number of likely N-dealkylation sites (N-methyl/N-ethyl adjacent to an activating group) is 4. The van der Waals surface area contributed by atoms with Crippen molar-refractivity contribution in [3.8, 4) is 0 Å². The second-order valence-electron chi connectivity index (χ2n) is 15.3. The average Bonchev–Trinajstić information content (AvgIpc) is 3.27. The highest BCUT2D eigenvalue weighted by Gasteiger charge is 2.36. The second-order valence-corrected chi connectivity index (χ2v) is 19.6. The largest absolute Gasteiger partial charge is 0.394 e. The minimum absolute atomic E-state index is 0.0583. The van der Waals surface area contributed by atoms with Gasteiger partial charge in [-0.3, -0.25) is 28.8 Å². The normalized spacial score (nSPS) is 14.0.